The van der Waals surface area contributed by atoms with Gasteiger partial charge in [0.05, 0.1) is 0 Å². The van der Waals surface area contributed by atoms with Crippen molar-refractivity contribution in [1.29, 1.82) is 0 Å². The van der Waals surface area contributed by atoms with E-state index in [1.54, 1.807) is 0 Å². The van der Waals surface area contributed by atoms with Gasteiger partial charge in [0, 0.05) is 26.2 Å². The molecule has 0 heterocycles. The van der Waals surface area contributed by atoms with Crippen molar-refractivity contribution in [3.8, 4) is 11.1 Å². The first-order valence-corrected chi connectivity index (χ1v) is 8.08. The van der Waals surface area contributed by atoms with Crippen LogP contribution in [0.25, 0.3) is 21.9 Å². The molecule has 24 heavy (non-hydrogen) atoms. The molecule has 3 aromatic rings. The Kier molecular flexibility index (Phi) is 8.22. The minimum atomic E-state index is 0. The van der Waals surface area contributed by atoms with E-state index in [1.165, 1.54) is 27.5 Å². The molecular formula is C23H25Zr-. The Bertz CT molecular complexity index is 794. The summed E-state index contributed by atoms with van der Waals surface area (Å²) < 4.78 is 0. The summed E-state index contributed by atoms with van der Waals surface area (Å²) in [5.74, 6) is 0. The Labute approximate surface area is 165 Å². The SMILES string of the molecule is C=C(C)C(=C)C.CCc1cc2c(-c3ccccc3)cccc2[cH-]1.[Zr]. The molecule has 1 heteroatoms. The van der Waals surface area contributed by atoms with Crippen LogP contribution in [-0.4, -0.2) is 0 Å². The second-order valence-corrected chi connectivity index (χ2v) is 5.95. The second-order valence-electron chi connectivity index (χ2n) is 5.95. The molecule has 0 atom stereocenters. The van der Waals surface area contributed by atoms with E-state index in [9.17, 15) is 0 Å². The Morgan fingerprint density at radius 2 is 1.54 bits per heavy atom. The summed E-state index contributed by atoms with van der Waals surface area (Å²) in [4.78, 5) is 0. The van der Waals surface area contributed by atoms with Gasteiger partial charge < -0.3 is 0 Å². The summed E-state index contributed by atoms with van der Waals surface area (Å²) in [6.07, 6.45) is 1.10. The van der Waals surface area contributed by atoms with Gasteiger partial charge >= 0.3 is 0 Å². The Balaban J connectivity index is 0.000000359. The van der Waals surface area contributed by atoms with E-state index in [1.807, 2.05) is 13.8 Å². The molecule has 0 spiro atoms. The predicted octanol–water partition coefficient (Wildman–Crippen LogP) is 6.92. The largest absolute Gasteiger partial charge is 0.164 e. The van der Waals surface area contributed by atoms with E-state index in [2.05, 4.69) is 80.7 Å². The monoisotopic (exact) mass is 391 g/mol. The number of allylic oxidation sites excluding steroid dienone is 2. The Hall–Kier alpha value is -1.59. The fourth-order valence-corrected chi connectivity index (χ4v) is 2.37. The van der Waals surface area contributed by atoms with Crippen molar-refractivity contribution < 1.29 is 26.2 Å². The maximum Gasteiger partial charge on any atom is 0 e. The van der Waals surface area contributed by atoms with Gasteiger partial charge in [-0.05, 0) is 25.8 Å². The van der Waals surface area contributed by atoms with Crippen molar-refractivity contribution in [2.75, 3.05) is 0 Å². The van der Waals surface area contributed by atoms with Gasteiger partial charge in [0.1, 0.15) is 0 Å². The molecule has 0 aromatic heterocycles. The molecule has 0 unspecified atom stereocenters. The van der Waals surface area contributed by atoms with Gasteiger partial charge in [0.25, 0.3) is 0 Å². The Morgan fingerprint density at radius 1 is 0.917 bits per heavy atom. The van der Waals surface area contributed by atoms with Crippen LogP contribution in [0.1, 0.15) is 26.3 Å². The Morgan fingerprint density at radius 3 is 2.08 bits per heavy atom. The maximum atomic E-state index is 3.66. The van der Waals surface area contributed by atoms with Crippen LogP contribution in [-0.2, 0) is 32.6 Å². The van der Waals surface area contributed by atoms with Crippen LogP contribution in [0.3, 0.4) is 0 Å². The van der Waals surface area contributed by atoms with Crippen molar-refractivity contribution in [2.24, 2.45) is 0 Å². The summed E-state index contributed by atoms with van der Waals surface area (Å²) >= 11 is 0. The molecule has 0 radical (unpaired) electrons. The minimum absolute atomic E-state index is 0. The molecule has 3 rings (SSSR count). The molecular weight excluding hydrogens is 367 g/mol. The van der Waals surface area contributed by atoms with Crippen molar-refractivity contribution in [1.82, 2.24) is 0 Å². The molecule has 0 N–H and O–H groups in total. The first-order valence-electron chi connectivity index (χ1n) is 8.08. The quantitative estimate of drug-likeness (QED) is 0.335. The molecule has 0 saturated heterocycles. The van der Waals surface area contributed by atoms with Gasteiger partial charge in [0.2, 0.25) is 0 Å². The normalized spacial score (nSPS) is 9.62. The van der Waals surface area contributed by atoms with Gasteiger partial charge in [0.15, 0.2) is 0 Å². The molecule has 122 valence electrons. The minimum Gasteiger partial charge on any atom is -0.164 e. The average Bonchev–Trinajstić information content (AvgIpc) is 2.99. The summed E-state index contributed by atoms with van der Waals surface area (Å²) in [6.45, 7) is 13.4. The zero-order chi connectivity index (χ0) is 16.8. The van der Waals surface area contributed by atoms with Gasteiger partial charge in [-0.3, -0.25) is 0 Å². The van der Waals surface area contributed by atoms with Crippen LogP contribution in [0, 0.1) is 0 Å². The standard InChI is InChI=1S/C17H15.C6H10.Zr/c1-2-13-11-15-9-6-10-16(17(15)12-13)14-7-4-3-5-8-14;1-5(2)6(3)4;/h3-12H,2H2,1H3;1,3H2,2,4H3;/q-1;;. The number of fused-ring (bicyclic) bond motifs is 1. The maximum absolute atomic E-state index is 3.66. The fraction of sp³-hybridized carbons (Fsp3) is 0.174. The molecule has 0 amide bonds. The van der Waals surface area contributed by atoms with Gasteiger partial charge in [-0.25, -0.2) is 0 Å². The van der Waals surface area contributed by atoms with E-state index in [0.717, 1.165) is 17.6 Å². The number of rotatable bonds is 3. The van der Waals surface area contributed by atoms with E-state index in [-0.39, 0.29) is 26.2 Å². The first-order chi connectivity index (χ1) is 11.0. The molecule has 0 saturated carbocycles. The van der Waals surface area contributed by atoms with Crippen molar-refractivity contribution in [3.63, 3.8) is 0 Å². The number of hydrogen-bond acceptors (Lipinski definition) is 0. The zero-order valence-electron chi connectivity index (χ0n) is 14.9. The first kappa shape index (κ1) is 20.5. The molecule has 0 aliphatic heterocycles. The van der Waals surface area contributed by atoms with E-state index >= 15 is 0 Å². The van der Waals surface area contributed by atoms with E-state index in [4.69, 9.17) is 0 Å². The van der Waals surface area contributed by atoms with Crippen LogP contribution >= 0.6 is 0 Å². The molecule has 0 nitrogen and oxygen atoms in total. The predicted molar refractivity (Wildman–Crippen MR) is 104 cm³/mol. The third-order valence-corrected chi connectivity index (χ3v) is 4.03. The molecule has 0 fully saturated rings. The summed E-state index contributed by atoms with van der Waals surface area (Å²) in [7, 11) is 0. The third-order valence-electron chi connectivity index (χ3n) is 4.03. The average molecular weight is 393 g/mol. The topological polar surface area (TPSA) is 0 Å². The number of benzene rings is 2. The second kappa shape index (κ2) is 9.65. The van der Waals surface area contributed by atoms with Gasteiger partial charge in [-0.1, -0.05) is 73.2 Å². The van der Waals surface area contributed by atoms with Crippen molar-refractivity contribution in [3.05, 3.63) is 90.5 Å². The molecule has 0 aliphatic rings. The van der Waals surface area contributed by atoms with E-state index in [0.29, 0.717) is 0 Å². The zero-order valence-corrected chi connectivity index (χ0v) is 17.4. The molecule has 0 bridgehead atoms. The van der Waals surface area contributed by atoms with Crippen LogP contribution in [0.15, 0.2) is 85.0 Å². The summed E-state index contributed by atoms with van der Waals surface area (Å²) in [5, 5.41) is 2.72. The summed E-state index contributed by atoms with van der Waals surface area (Å²) in [5.41, 5.74) is 6.18. The molecule has 3 aromatic carbocycles. The molecule has 0 aliphatic carbocycles. The third kappa shape index (κ3) is 5.21. The van der Waals surface area contributed by atoms with Gasteiger partial charge in [-0.15, -0.1) is 34.5 Å². The van der Waals surface area contributed by atoms with E-state index < -0.39 is 0 Å². The van der Waals surface area contributed by atoms with Crippen LogP contribution in [0.2, 0.25) is 0 Å². The fourth-order valence-electron chi connectivity index (χ4n) is 2.37. The van der Waals surface area contributed by atoms with Crippen molar-refractivity contribution in [2.45, 2.75) is 27.2 Å². The van der Waals surface area contributed by atoms with Crippen molar-refractivity contribution >= 4 is 10.8 Å². The number of hydrogen-bond donors (Lipinski definition) is 0. The number of aryl methyl sites for hydroxylation is 1. The summed E-state index contributed by atoms with van der Waals surface area (Å²) in [6, 6.07) is 21.8. The van der Waals surface area contributed by atoms with Crippen LogP contribution < -0.4 is 0 Å². The van der Waals surface area contributed by atoms with Crippen LogP contribution in [0.5, 0.6) is 0 Å². The van der Waals surface area contributed by atoms with Crippen LogP contribution in [0.4, 0.5) is 0 Å². The van der Waals surface area contributed by atoms with Gasteiger partial charge in [-0.2, -0.15) is 6.07 Å². The smallest absolute Gasteiger partial charge is 0 e.